The van der Waals surface area contributed by atoms with Gasteiger partial charge in [-0.15, -0.1) is 0 Å². The fraction of sp³-hybridized carbons (Fsp3) is 0.267. The van der Waals surface area contributed by atoms with Crippen LogP contribution in [0.3, 0.4) is 0 Å². The molecule has 0 atom stereocenters. The minimum absolute atomic E-state index is 0.157. The molecule has 0 aliphatic heterocycles. The third-order valence-electron chi connectivity index (χ3n) is 3.60. The van der Waals surface area contributed by atoms with Crippen LogP contribution in [-0.4, -0.2) is 45.9 Å². The number of benzene rings is 1. The molecule has 0 unspecified atom stereocenters. The Kier molecular flexibility index (Phi) is 5.02. The predicted octanol–water partition coefficient (Wildman–Crippen LogP) is 0.560. The van der Waals surface area contributed by atoms with Crippen LogP contribution in [0.1, 0.15) is 5.56 Å². The van der Waals surface area contributed by atoms with E-state index in [1.165, 1.54) is 12.1 Å². The molecule has 2 heterocycles. The van der Waals surface area contributed by atoms with Gasteiger partial charge in [0.1, 0.15) is 12.4 Å². The third kappa shape index (κ3) is 3.90. The van der Waals surface area contributed by atoms with Crippen LogP contribution in [0.4, 0.5) is 5.82 Å². The molecule has 1 aromatic carbocycles. The zero-order valence-corrected chi connectivity index (χ0v) is 14.8. The minimum Gasteiger partial charge on any atom is -0.462 e. The molecule has 0 saturated carbocycles. The van der Waals surface area contributed by atoms with Gasteiger partial charge in [0.05, 0.1) is 16.5 Å². The van der Waals surface area contributed by atoms with Crippen LogP contribution in [0.25, 0.3) is 11.0 Å². The molecule has 2 aromatic heterocycles. The summed E-state index contributed by atoms with van der Waals surface area (Å²) >= 11 is 0. The van der Waals surface area contributed by atoms with E-state index in [1.807, 2.05) is 0 Å². The van der Waals surface area contributed by atoms with Crippen molar-refractivity contribution in [1.29, 1.82) is 0 Å². The smallest absolute Gasteiger partial charge is 0.320 e. The molecule has 11 heteroatoms. The van der Waals surface area contributed by atoms with Gasteiger partial charge in [-0.25, -0.2) is 0 Å². The van der Waals surface area contributed by atoms with E-state index in [0.717, 1.165) is 10.9 Å². The third-order valence-corrected chi connectivity index (χ3v) is 4.47. The quantitative estimate of drug-likeness (QED) is 0.502. The van der Waals surface area contributed by atoms with Crippen molar-refractivity contribution in [1.82, 2.24) is 19.7 Å². The Morgan fingerprint density at radius 2 is 2.00 bits per heavy atom. The lowest BCUT2D eigenvalue weighted by molar-refractivity contribution is 0.303. The maximum absolute atomic E-state index is 11.1. The summed E-state index contributed by atoms with van der Waals surface area (Å²) < 4.78 is 38.2. The summed E-state index contributed by atoms with van der Waals surface area (Å²) in [5.74, 6) is 0.536. The van der Waals surface area contributed by atoms with Crippen molar-refractivity contribution >= 4 is 27.0 Å². The van der Waals surface area contributed by atoms with E-state index < -0.39 is 10.1 Å². The van der Waals surface area contributed by atoms with E-state index in [4.69, 9.17) is 15.0 Å². The van der Waals surface area contributed by atoms with Crippen molar-refractivity contribution in [2.45, 2.75) is 11.4 Å². The second kappa shape index (κ2) is 7.23. The molecule has 0 aliphatic carbocycles. The lowest BCUT2D eigenvalue weighted by atomic mass is 10.2. The molecule has 0 fully saturated rings. The number of nitrogens with zero attached hydrogens (tertiary/aromatic N) is 4. The van der Waals surface area contributed by atoms with Crippen molar-refractivity contribution in [2.24, 2.45) is 12.8 Å². The zero-order chi connectivity index (χ0) is 18.7. The van der Waals surface area contributed by atoms with E-state index in [9.17, 15) is 8.42 Å². The highest BCUT2D eigenvalue weighted by atomic mass is 32.2. The highest BCUT2D eigenvalue weighted by Gasteiger charge is 2.13. The van der Waals surface area contributed by atoms with Crippen LogP contribution in [0.5, 0.6) is 6.01 Å². The molecule has 0 amide bonds. The van der Waals surface area contributed by atoms with Crippen molar-refractivity contribution in [3.8, 4) is 6.01 Å². The van der Waals surface area contributed by atoms with Crippen molar-refractivity contribution < 1.29 is 17.7 Å². The van der Waals surface area contributed by atoms with E-state index >= 15 is 0 Å². The summed E-state index contributed by atoms with van der Waals surface area (Å²) in [6.45, 7) is 1.01. The van der Waals surface area contributed by atoms with Gasteiger partial charge in [0.2, 0.25) is 0 Å². The standard InChI is InChI=1S/C15H18N6O4S/c1-21-14-12(9-18-21)13(19-15(20-14)25-7-6-16)17-8-10-2-4-11(5-3-10)26(22,23)24/h2-5,9H,6-8,16H2,1H3,(H,17,19,20)(H,22,23,24). The molecular formula is C15H18N6O4S. The van der Waals surface area contributed by atoms with Crippen molar-refractivity contribution in [3.05, 3.63) is 36.0 Å². The summed E-state index contributed by atoms with van der Waals surface area (Å²) in [7, 11) is -2.44. The Balaban J connectivity index is 1.83. The summed E-state index contributed by atoms with van der Waals surface area (Å²) in [5, 5.41) is 8.06. The Morgan fingerprint density at radius 3 is 2.65 bits per heavy atom. The highest BCUT2D eigenvalue weighted by molar-refractivity contribution is 7.85. The second-order valence-corrected chi connectivity index (χ2v) is 6.89. The van der Waals surface area contributed by atoms with E-state index in [-0.39, 0.29) is 10.9 Å². The fourth-order valence-electron chi connectivity index (χ4n) is 2.32. The van der Waals surface area contributed by atoms with Crippen LogP contribution < -0.4 is 15.8 Å². The number of hydrogen-bond acceptors (Lipinski definition) is 8. The van der Waals surface area contributed by atoms with Gasteiger partial charge in [-0.05, 0) is 17.7 Å². The van der Waals surface area contributed by atoms with Crippen LogP contribution in [0, 0.1) is 0 Å². The number of nitrogens with one attached hydrogen (secondary N) is 1. The van der Waals surface area contributed by atoms with Gasteiger partial charge in [0.25, 0.3) is 10.1 Å². The molecule has 3 rings (SSSR count). The first-order valence-corrected chi connectivity index (χ1v) is 9.15. The zero-order valence-electron chi connectivity index (χ0n) is 14.0. The highest BCUT2D eigenvalue weighted by Crippen LogP contribution is 2.23. The Labute approximate surface area is 149 Å². The Morgan fingerprint density at radius 1 is 1.27 bits per heavy atom. The second-order valence-electron chi connectivity index (χ2n) is 5.47. The lowest BCUT2D eigenvalue weighted by Crippen LogP contribution is -2.13. The molecular weight excluding hydrogens is 360 g/mol. The van der Waals surface area contributed by atoms with Crippen LogP contribution in [0.15, 0.2) is 35.4 Å². The van der Waals surface area contributed by atoms with Gasteiger partial charge in [-0.3, -0.25) is 9.23 Å². The number of hydrogen-bond donors (Lipinski definition) is 3. The average Bonchev–Trinajstić information content (AvgIpc) is 2.99. The van der Waals surface area contributed by atoms with Crippen LogP contribution >= 0.6 is 0 Å². The topological polar surface area (TPSA) is 145 Å². The summed E-state index contributed by atoms with van der Waals surface area (Å²) in [6, 6.07) is 6.06. The van der Waals surface area contributed by atoms with E-state index in [2.05, 4.69) is 20.4 Å². The molecule has 0 spiro atoms. The SMILES string of the molecule is Cn1ncc2c(NCc3ccc(S(=O)(=O)O)cc3)nc(OCCN)nc21. The van der Waals surface area contributed by atoms with Gasteiger partial charge < -0.3 is 15.8 Å². The van der Waals surface area contributed by atoms with Gasteiger partial charge >= 0.3 is 6.01 Å². The van der Waals surface area contributed by atoms with Gasteiger partial charge in [-0.1, -0.05) is 12.1 Å². The normalized spacial score (nSPS) is 11.7. The fourth-order valence-corrected chi connectivity index (χ4v) is 2.80. The maximum Gasteiger partial charge on any atom is 0.320 e. The van der Waals surface area contributed by atoms with Crippen LogP contribution in [-0.2, 0) is 23.7 Å². The Bertz CT molecular complexity index is 1020. The average molecular weight is 378 g/mol. The minimum atomic E-state index is -4.21. The molecule has 0 radical (unpaired) electrons. The molecule has 0 aliphatic rings. The van der Waals surface area contributed by atoms with E-state index in [0.29, 0.717) is 31.2 Å². The lowest BCUT2D eigenvalue weighted by Gasteiger charge is -2.10. The first-order chi connectivity index (χ1) is 12.4. The molecule has 138 valence electrons. The molecule has 0 saturated heterocycles. The molecule has 0 bridgehead atoms. The first kappa shape index (κ1) is 18.0. The predicted molar refractivity (Wildman–Crippen MR) is 94.4 cm³/mol. The van der Waals surface area contributed by atoms with Gasteiger partial charge in [-0.2, -0.15) is 23.5 Å². The molecule has 4 N–H and O–H groups in total. The number of rotatable bonds is 7. The number of fused-ring (bicyclic) bond motifs is 1. The molecule has 26 heavy (non-hydrogen) atoms. The Hall–Kier alpha value is -2.76. The summed E-state index contributed by atoms with van der Waals surface area (Å²) in [6.07, 6.45) is 1.64. The number of nitrogens with two attached hydrogens (primary N) is 1. The van der Waals surface area contributed by atoms with E-state index in [1.54, 1.807) is 30.1 Å². The van der Waals surface area contributed by atoms with Gasteiger partial charge in [0, 0.05) is 20.1 Å². The summed E-state index contributed by atoms with van der Waals surface area (Å²) in [5.41, 5.74) is 6.85. The number of ether oxygens (including phenoxy) is 1. The number of aryl methyl sites for hydroxylation is 1. The van der Waals surface area contributed by atoms with Crippen molar-refractivity contribution in [3.63, 3.8) is 0 Å². The van der Waals surface area contributed by atoms with Crippen molar-refractivity contribution in [2.75, 3.05) is 18.5 Å². The number of aromatic nitrogens is 4. The molecule has 10 nitrogen and oxygen atoms in total. The molecule has 3 aromatic rings. The van der Waals surface area contributed by atoms with Crippen LogP contribution in [0.2, 0.25) is 0 Å². The van der Waals surface area contributed by atoms with Gasteiger partial charge in [0.15, 0.2) is 5.65 Å². The monoisotopic (exact) mass is 378 g/mol. The summed E-state index contributed by atoms with van der Waals surface area (Å²) in [4.78, 5) is 8.48. The largest absolute Gasteiger partial charge is 0.462 e. The first-order valence-electron chi connectivity index (χ1n) is 7.71. The maximum atomic E-state index is 11.1. The number of anilines is 1.